The quantitative estimate of drug-likeness (QED) is 0.647. The lowest BCUT2D eigenvalue weighted by Crippen LogP contribution is -2.12. The number of H-pyrrole nitrogens is 1. The molecular weight excluding hydrogens is 405 g/mol. The Kier molecular flexibility index (Phi) is 5.22. The first-order valence-corrected chi connectivity index (χ1v) is 8.35. The van der Waals surface area contributed by atoms with Gasteiger partial charge in [-0.25, -0.2) is 4.39 Å². The number of amides is 1. The Balaban J connectivity index is 1.84. The Morgan fingerprint density at radius 1 is 1.15 bits per heavy atom. The first-order valence-electron chi connectivity index (χ1n) is 7.56. The summed E-state index contributed by atoms with van der Waals surface area (Å²) in [6.45, 7) is 0. The molecule has 2 aromatic carbocycles. The number of nitrogens with zero attached hydrogens (tertiary/aromatic N) is 1. The lowest BCUT2D eigenvalue weighted by Gasteiger charge is -2.08. The molecule has 6 nitrogen and oxygen atoms in total. The maximum absolute atomic E-state index is 13.1. The van der Waals surface area contributed by atoms with Gasteiger partial charge >= 0.3 is 0 Å². The van der Waals surface area contributed by atoms with Gasteiger partial charge < -0.3 is 14.8 Å². The summed E-state index contributed by atoms with van der Waals surface area (Å²) in [5.74, 6) is 0.429. The van der Waals surface area contributed by atoms with Crippen molar-refractivity contribution in [2.24, 2.45) is 0 Å². The van der Waals surface area contributed by atoms with Crippen molar-refractivity contribution in [1.29, 1.82) is 0 Å². The second-order valence-corrected chi connectivity index (χ2v) is 6.17. The van der Waals surface area contributed by atoms with Crippen LogP contribution < -0.4 is 14.8 Å². The molecule has 0 aliphatic carbocycles. The van der Waals surface area contributed by atoms with Crippen LogP contribution in [-0.2, 0) is 0 Å². The van der Waals surface area contributed by atoms with Crippen LogP contribution in [0.25, 0.3) is 11.3 Å². The molecule has 0 aliphatic heterocycles. The number of benzene rings is 2. The van der Waals surface area contributed by atoms with Crippen molar-refractivity contribution in [1.82, 2.24) is 10.2 Å². The summed E-state index contributed by atoms with van der Waals surface area (Å²) >= 11 is 3.21. The van der Waals surface area contributed by atoms with Gasteiger partial charge in [0.25, 0.3) is 5.91 Å². The normalized spacial score (nSPS) is 10.5. The molecule has 134 valence electrons. The first-order chi connectivity index (χ1) is 12.5. The van der Waals surface area contributed by atoms with Crippen LogP contribution in [0.5, 0.6) is 11.5 Å². The second-order valence-electron chi connectivity index (χ2n) is 5.31. The van der Waals surface area contributed by atoms with E-state index in [4.69, 9.17) is 9.47 Å². The number of rotatable bonds is 5. The average Bonchev–Trinajstić information content (AvgIpc) is 3.13. The number of halogens is 2. The van der Waals surface area contributed by atoms with Gasteiger partial charge in [0.05, 0.1) is 25.6 Å². The van der Waals surface area contributed by atoms with Gasteiger partial charge in [0.15, 0.2) is 0 Å². The topological polar surface area (TPSA) is 76.2 Å². The zero-order chi connectivity index (χ0) is 18.7. The minimum atomic E-state index is -0.400. The van der Waals surface area contributed by atoms with Gasteiger partial charge in [-0.15, -0.1) is 0 Å². The van der Waals surface area contributed by atoms with Gasteiger partial charge in [0.1, 0.15) is 23.0 Å². The predicted molar refractivity (Wildman–Crippen MR) is 99.2 cm³/mol. The number of carbonyl (C=O) groups excluding carboxylic acids is 1. The van der Waals surface area contributed by atoms with E-state index >= 15 is 0 Å². The van der Waals surface area contributed by atoms with Crippen LogP contribution in [0.3, 0.4) is 0 Å². The fourth-order valence-corrected chi connectivity index (χ4v) is 2.82. The second kappa shape index (κ2) is 7.57. The molecule has 0 aliphatic rings. The summed E-state index contributed by atoms with van der Waals surface area (Å²) in [6.07, 6.45) is 0. The highest BCUT2D eigenvalue weighted by Crippen LogP contribution is 2.32. The van der Waals surface area contributed by atoms with Crippen LogP contribution in [0.2, 0.25) is 0 Å². The molecule has 0 fully saturated rings. The summed E-state index contributed by atoms with van der Waals surface area (Å²) < 4.78 is 24.1. The molecule has 1 heterocycles. The Labute approximate surface area is 157 Å². The standard InChI is InChI=1S/C18H15BrFN3O3/c1-25-11-4-5-12(17(8-11)26-2)15-9-16(23-22-15)18(24)21-14-6-3-10(20)7-13(14)19/h3-9H,1-2H3,(H,21,24)(H,22,23). The number of anilines is 1. The Bertz CT molecular complexity index is 959. The first kappa shape index (κ1) is 17.9. The largest absolute Gasteiger partial charge is 0.497 e. The molecule has 0 saturated heterocycles. The molecule has 1 aromatic heterocycles. The molecule has 0 bridgehead atoms. The zero-order valence-corrected chi connectivity index (χ0v) is 15.6. The number of carbonyl (C=O) groups is 1. The number of ether oxygens (including phenoxy) is 2. The molecule has 2 N–H and O–H groups in total. The van der Waals surface area contributed by atoms with E-state index in [-0.39, 0.29) is 5.69 Å². The van der Waals surface area contributed by atoms with Crippen LogP contribution >= 0.6 is 15.9 Å². The van der Waals surface area contributed by atoms with E-state index < -0.39 is 11.7 Å². The minimum absolute atomic E-state index is 0.258. The molecule has 26 heavy (non-hydrogen) atoms. The van der Waals surface area contributed by atoms with Crippen molar-refractivity contribution >= 4 is 27.5 Å². The van der Waals surface area contributed by atoms with Crippen LogP contribution in [0.4, 0.5) is 10.1 Å². The maximum atomic E-state index is 13.1. The van der Waals surface area contributed by atoms with Gasteiger partial charge in [-0.1, -0.05) is 0 Å². The summed E-state index contributed by atoms with van der Waals surface area (Å²) in [4.78, 5) is 12.4. The van der Waals surface area contributed by atoms with Crippen LogP contribution in [0, 0.1) is 5.82 Å². The third-order valence-corrected chi connectivity index (χ3v) is 4.34. The van der Waals surface area contributed by atoms with Gasteiger partial charge in [-0.05, 0) is 52.3 Å². The SMILES string of the molecule is COc1ccc(-c2cc(C(=O)Nc3ccc(F)cc3Br)[nH]n2)c(OC)c1. The van der Waals surface area contributed by atoms with Gasteiger partial charge in [-0.2, -0.15) is 5.10 Å². The van der Waals surface area contributed by atoms with E-state index in [1.165, 1.54) is 18.2 Å². The van der Waals surface area contributed by atoms with Crippen molar-refractivity contribution in [3.63, 3.8) is 0 Å². The van der Waals surface area contributed by atoms with Gasteiger partial charge in [-0.3, -0.25) is 9.89 Å². The molecule has 0 atom stereocenters. The van der Waals surface area contributed by atoms with E-state index in [9.17, 15) is 9.18 Å². The van der Waals surface area contributed by atoms with Crippen molar-refractivity contribution in [2.75, 3.05) is 19.5 Å². The van der Waals surface area contributed by atoms with Crippen LogP contribution in [0.15, 0.2) is 46.9 Å². The van der Waals surface area contributed by atoms with Crippen molar-refractivity contribution in [3.8, 4) is 22.8 Å². The number of hydrogen-bond acceptors (Lipinski definition) is 4. The van der Waals surface area contributed by atoms with Gasteiger partial charge in [0, 0.05) is 16.1 Å². The van der Waals surface area contributed by atoms with Crippen molar-refractivity contribution in [2.45, 2.75) is 0 Å². The molecule has 8 heteroatoms. The number of aromatic amines is 1. The average molecular weight is 420 g/mol. The smallest absolute Gasteiger partial charge is 0.273 e. The lowest BCUT2D eigenvalue weighted by molar-refractivity contribution is 0.102. The van der Waals surface area contributed by atoms with Crippen LogP contribution in [0.1, 0.15) is 10.5 Å². The number of aromatic nitrogens is 2. The van der Waals surface area contributed by atoms with Gasteiger partial charge in [0.2, 0.25) is 0 Å². The summed E-state index contributed by atoms with van der Waals surface area (Å²) in [6, 6.07) is 10.9. The predicted octanol–water partition coefficient (Wildman–Crippen LogP) is 4.25. The Morgan fingerprint density at radius 2 is 1.96 bits per heavy atom. The molecule has 0 saturated carbocycles. The summed E-state index contributed by atoms with van der Waals surface area (Å²) in [7, 11) is 3.11. The highest BCUT2D eigenvalue weighted by molar-refractivity contribution is 9.10. The third-order valence-electron chi connectivity index (χ3n) is 3.69. The van der Waals surface area contributed by atoms with Crippen LogP contribution in [-0.4, -0.2) is 30.3 Å². The third kappa shape index (κ3) is 3.70. The molecule has 3 aromatic rings. The van der Waals surface area contributed by atoms with E-state index in [1.54, 1.807) is 38.5 Å². The highest BCUT2D eigenvalue weighted by atomic mass is 79.9. The van der Waals surface area contributed by atoms with E-state index in [0.717, 1.165) is 0 Å². The molecule has 0 radical (unpaired) electrons. The number of methoxy groups -OCH3 is 2. The monoisotopic (exact) mass is 419 g/mol. The van der Waals surface area contributed by atoms with E-state index in [2.05, 4.69) is 31.4 Å². The summed E-state index contributed by atoms with van der Waals surface area (Å²) in [5.41, 5.74) is 1.98. The summed E-state index contributed by atoms with van der Waals surface area (Å²) in [5, 5.41) is 9.56. The molecular formula is C18H15BrFN3O3. The van der Waals surface area contributed by atoms with E-state index in [0.29, 0.717) is 32.9 Å². The highest BCUT2D eigenvalue weighted by Gasteiger charge is 2.15. The maximum Gasteiger partial charge on any atom is 0.273 e. The Hall–Kier alpha value is -2.87. The number of hydrogen-bond donors (Lipinski definition) is 2. The lowest BCUT2D eigenvalue weighted by atomic mass is 10.1. The Morgan fingerprint density at radius 3 is 2.65 bits per heavy atom. The molecule has 1 amide bonds. The fourth-order valence-electron chi connectivity index (χ4n) is 2.37. The zero-order valence-electron chi connectivity index (χ0n) is 14.0. The number of nitrogens with one attached hydrogen (secondary N) is 2. The van der Waals surface area contributed by atoms with E-state index in [1.807, 2.05) is 0 Å². The fraction of sp³-hybridized carbons (Fsp3) is 0.111. The molecule has 0 unspecified atom stereocenters. The molecule has 3 rings (SSSR count). The molecule has 0 spiro atoms. The minimum Gasteiger partial charge on any atom is -0.497 e. The van der Waals surface area contributed by atoms with Crippen molar-refractivity contribution in [3.05, 3.63) is 58.4 Å². The van der Waals surface area contributed by atoms with Crippen molar-refractivity contribution < 1.29 is 18.7 Å².